The van der Waals surface area contributed by atoms with E-state index in [9.17, 15) is 40.5 Å². The summed E-state index contributed by atoms with van der Waals surface area (Å²) in [5.74, 6) is -1.26. The molecule has 1 saturated heterocycles. The van der Waals surface area contributed by atoms with E-state index in [0.29, 0.717) is 22.3 Å². The standard InChI is InChI=1S/C22H22O10/c23-8-17-19(28)20(29)21(30)22(32-17)31-16-7-12(25)4-10-3-11(24)6-13(18(10)16)9-1-2-14(26)15(27)5-9/h1-2,4-7,17,19-23,25-30H,3,8H2/t17-,19-,20+,21-,22?/m1/s1. The Morgan fingerprint density at radius 2 is 1.72 bits per heavy atom. The molecule has 0 saturated carbocycles. The number of carbonyl (C=O) groups is 1. The highest BCUT2D eigenvalue weighted by atomic mass is 16.7. The number of hydrogen-bond donors (Lipinski definition) is 7. The van der Waals surface area contributed by atoms with Gasteiger partial charge in [-0.05, 0) is 41.0 Å². The van der Waals surface area contributed by atoms with Crippen LogP contribution in [0.2, 0.25) is 0 Å². The summed E-state index contributed by atoms with van der Waals surface area (Å²) >= 11 is 0. The molecule has 1 aliphatic carbocycles. The third kappa shape index (κ3) is 3.90. The molecular weight excluding hydrogens is 424 g/mol. The van der Waals surface area contributed by atoms with Gasteiger partial charge in [-0.15, -0.1) is 0 Å². The van der Waals surface area contributed by atoms with E-state index in [-0.39, 0.29) is 29.5 Å². The minimum Gasteiger partial charge on any atom is -0.508 e. The van der Waals surface area contributed by atoms with Crippen LogP contribution in [0.15, 0.2) is 36.4 Å². The first-order valence-corrected chi connectivity index (χ1v) is 9.80. The summed E-state index contributed by atoms with van der Waals surface area (Å²) in [6, 6.07) is 6.59. The zero-order chi connectivity index (χ0) is 23.2. The van der Waals surface area contributed by atoms with Crippen molar-refractivity contribution in [1.82, 2.24) is 0 Å². The van der Waals surface area contributed by atoms with Gasteiger partial charge in [0, 0.05) is 18.1 Å². The van der Waals surface area contributed by atoms with Crippen LogP contribution in [0.3, 0.4) is 0 Å². The molecule has 4 rings (SSSR count). The maximum Gasteiger partial charge on any atom is 0.229 e. The van der Waals surface area contributed by atoms with Crippen molar-refractivity contribution in [2.24, 2.45) is 0 Å². The summed E-state index contributed by atoms with van der Waals surface area (Å²) in [6.07, 6.45) is -6.35. The van der Waals surface area contributed by atoms with Crippen LogP contribution < -0.4 is 4.74 Å². The van der Waals surface area contributed by atoms with E-state index in [1.807, 2.05) is 0 Å². The van der Waals surface area contributed by atoms with Crippen molar-refractivity contribution in [3.63, 3.8) is 0 Å². The average molecular weight is 446 g/mol. The van der Waals surface area contributed by atoms with Crippen molar-refractivity contribution in [1.29, 1.82) is 0 Å². The number of aliphatic hydroxyl groups excluding tert-OH is 4. The van der Waals surface area contributed by atoms with Crippen LogP contribution in [0.4, 0.5) is 0 Å². The number of hydrogen-bond acceptors (Lipinski definition) is 10. The fourth-order valence-corrected chi connectivity index (χ4v) is 3.88. The molecule has 0 radical (unpaired) electrons. The van der Waals surface area contributed by atoms with Gasteiger partial charge in [0.15, 0.2) is 17.3 Å². The molecule has 1 fully saturated rings. The van der Waals surface area contributed by atoms with Crippen molar-refractivity contribution >= 4 is 11.4 Å². The molecule has 32 heavy (non-hydrogen) atoms. The van der Waals surface area contributed by atoms with Gasteiger partial charge in [-0.25, -0.2) is 0 Å². The Balaban J connectivity index is 1.78. The van der Waals surface area contributed by atoms with Gasteiger partial charge in [-0.2, -0.15) is 0 Å². The first kappa shape index (κ1) is 22.1. The number of fused-ring (bicyclic) bond motifs is 1. The van der Waals surface area contributed by atoms with Gasteiger partial charge >= 0.3 is 0 Å². The minimum absolute atomic E-state index is 0.00403. The maximum absolute atomic E-state index is 12.3. The predicted molar refractivity (Wildman–Crippen MR) is 108 cm³/mol. The second kappa shape index (κ2) is 8.41. The number of aliphatic hydroxyl groups is 4. The van der Waals surface area contributed by atoms with Crippen LogP contribution in [0.5, 0.6) is 23.0 Å². The van der Waals surface area contributed by atoms with Crippen molar-refractivity contribution in [3.05, 3.63) is 53.1 Å². The summed E-state index contributed by atoms with van der Waals surface area (Å²) in [5, 5.41) is 69.4. The average Bonchev–Trinajstić information content (AvgIpc) is 2.75. The fourth-order valence-electron chi connectivity index (χ4n) is 3.88. The molecule has 5 atom stereocenters. The zero-order valence-corrected chi connectivity index (χ0v) is 16.6. The molecule has 2 aromatic rings. The van der Waals surface area contributed by atoms with Crippen LogP contribution in [0.25, 0.3) is 5.57 Å². The van der Waals surface area contributed by atoms with Crippen molar-refractivity contribution in [2.75, 3.05) is 6.61 Å². The first-order chi connectivity index (χ1) is 15.2. The Bertz CT molecular complexity index is 1080. The maximum atomic E-state index is 12.3. The summed E-state index contributed by atoms with van der Waals surface area (Å²) in [6.45, 7) is -0.643. The zero-order valence-electron chi connectivity index (χ0n) is 16.6. The number of ketones is 1. The highest BCUT2D eigenvalue weighted by Crippen LogP contribution is 2.42. The lowest BCUT2D eigenvalue weighted by Gasteiger charge is -2.40. The Labute approximate surface area is 181 Å². The van der Waals surface area contributed by atoms with Crippen LogP contribution in [0, 0.1) is 0 Å². The van der Waals surface area contributed by atoms with Crippen molar-refractivity contribution in [3.8, 4) is 23.0 Å². The smallest absolute Gasteiger partial charge is 0.229 e. The number of benzene rings is 2. The predicted octanol–water partition coefficient (Wildman–Crippen LogP) is -0.461. The Morgan fingerprint density at radius 1 is 0.969 bits per heavy atom. The summed E-state index contributed by atoms with van der Waals surface area (Å²) < 4.78 is 11.1. The second-order valence-corrected chi connectivity index (χ2v) is 7.70. The van der Waals surface area contributed by atoms with Gasteiger partial charge in [0.25, 0.3) is 0 Å². The van der Waals surface area contributed by atoms with Gasteiger partial charge in [0.05, 0.1) is 6.61 Å². The van der Waals surface area contributed by atoms with E-state index in [1.54, 1.807) is 0 Å². The molecule has 1 aliphatic heterocycles. The first-order valence-electron chi connectivity index (χ1n) is 9.80. The third-order valence-electron chi connectivity index (χ3n) is 5.49. The number of phenolic OH excluding ortho intramolecular Hbond substituents is 3. The molecule has 2 aliphatic rings. The Hall–Kier alpha value is -3.15. The van der Waals surface area contributed by atoms with Gasteiger partial charge in [0.2, 0.25) is 6.29 Å². The highest BCUT2D eigenvalue weighted by Gasteiger charge is 2.45. The molecule has 7 N–H and O–H groups in total. The minimum atomic E-state index is -1.68. The number of allylic oxidation sites excluding steroid dienone is 1. The molecule has 10 heteroatoms. The summed E-state index contributed by atoms with van der Waals surface area (Å²) in [5.41, 5.74) is 1.47. The van der Waals surface area contributed by atoms with Gasteiger partial charge in [-0.1, -0.05) is 6.07 Å². The normalized spacial score (nSPS) is 27.6. The molecule has 2 aromatic carbocycles. The lowest BCUT2D eigenvalue weighted by molar-refractivity contribution is -0.277. The van der Waals surface area contributed by atoms with Gasteiger partial charge in [-0.3, -0.25) is 4.79 Å². The van der Waals surface area contributed by atoms with E-state index >= 15 is 0 Å². The van der Waals surface area contributed by atoms with Gasteiger partial charge in [0.1, 0.15) is 35.9 Å². The lowest BCUT2D eigenvalue weighted by Crippen LogP contribution is -2.60. The highest BCUT2D eigenvalue weighted by molar-refractivity contribution is 6.06. The van der Waals surface area contributed by atoms with E-state index < -0.39 is 43.1 Å². The van der Waals surface area contributed by atoms with E-state index in [1.165, 1.54) is 36.4 Å². The summed E-state index contributed by atoms with van der Waals surface area (Å²) in [4.78, 5) is 12.3. The van der Waals surface area contributed by atoms with Crippen molar-refractivity contribution in [2.45, 2.75) is 37.1 Å². The molecule has 0 aromatic heterocycles. The largest absolute Gasteiger partial charge is 0.508 e. The third-order valence-corrected chi connectivity index (χ3v) is 5.49. The Morgan fingerprint density at radius 3 is 2.41 bits per heavy atom. The second-order valence-electron chi connectivity index (χ2n) is 7.70. The molecule has 1 unspecified atom stereocenters. The number of rotatable bonds is 4. The van der Waals surface area contributed by atoms with E-state index in [2.05, 4.69) is 0 Å². The number of carbonyl (C=O) groups excluding carboxylic acids is 1. The fraction of sp³-hybridized carbons (Fsp3) is 0.318. The molecule has 10 nitrogen and oxygen atoms in total. The van der Waals surface area contributed by atoms with Crippen molar-refractivity contribution < 1.29 is 50.0 Å². The lowest BCUT2D eigenvalue weighted by atomic mass is 9.85. The molecule has 0 amide bonds. The van der Waals surface area contributed by atoms with Crippen LogP contribution in [0.1, 0.15) is 16.7 Å². The van der Waals surface area contributed by atoms with E-state index in [0.717, 1.165) is 0 Å². The monoisotopic (exact) mass is 446 g/mol. The SMILES string of the molecule is O=C1C=C(c2ccc(O)c(O)c2)c2c(cc(O)cc2OC2O[C@H](CO)[C@@H](O)[C@H](O)[C@H]2O)C1. The molecule has 170 valence electrons. The van der Waals surface area contributed by atoms with Crippen LogP contribution >= 0.6 is 0 Å². The van der Waals surface area contributed by atoms with Gasteiger partial charge < -0.3 is 45.2 Å². The van der Waals surface area contributed by atoms with Crippen LogP contribution in [-0.4, -0.2) is 78.8 Å². The topological polar surface area (TPSA) is 177 Å². The number of ether oxygens (including phenoxy) is 2. The van der Waals surface area contributed by atoms with E-state index in [4.69, 9.17) is 9.47 Å². The molecule has 0 bridgehead atoms. The number of aromatic hydroxyl groups is 3. The summed E-state index contributed by atoms with van der Waals surface area (Å²) in [7, 11) is 0. The quantitative estimate of drug-likeness (QED) is 0.304. The number of phenols is 3. The molecule has 0 spiro atoms. The Kier molecular flexibility index (Phi) is 5.80. The van der Waals surface area contributed by atoms with Crippen LogP contribution in [-0.2, 0) is 16.0 Å². The molecular formula is C22H22O10. The molecule has 1 heterocycles.